The van der Waals surface area contributed by atoms with Crippen molar-refractivity contribution >= 4 is 0 Å². The quantitative estimate of drug-likeness (QED) is 0.883. The number of aromatic nitrogens is 1. The van der Waals surface area contributed by atoms with E-state index in [4.69, 9.17) is 10.5 Å². The van der Waals surface area contributed by atoms with Crippen LogP contribution < -0.4 is 5.73 Å². The largest absolute Gasteiger partial charge is 0.373 e. The number of rotatable bonds is 3. The maximum absolute atomic E-state index is 6.19. The molecule has 2 N–H and O–H groups in total. The number of morpholine rings is 1. The van der Waals surface area contributed by atoms with Crippen LogP contribution in [0.4, 0.5) is 0 Å². The summed E-state index contributed by atoms with van der Waals surface area (Å²) in [7, 11) is 0. The first-order valence-corrected chi connectivity index (χ1v) is 6.53. The van der Waals surface area contributed by atoms with Crippen molar-refractivity contribution in [3.63, 3.8) is 0 Å². The maximum atomic E-state index is 6.19. The van der Waals surface area contributed by atoms with Gasteiger partial charge in [-0.05, 0) is 38.5 Å². The second kappa shape index (κ2) is 5.34. The Morgan fingerprint density at radius 1 is 1.39 bits per heavy atom. The van der Waals surface area contributed by atoms with Gasteiger partial charge in [-0.15, -0.1) is 0 Å². The monoisotopic (exact) mass is 249 g/mol. The van der Waals surface area contributed by atoms with Gasteiger partial charge in [-0.25, -0.2) is 0 Å². The fourth-order valence-corrected chi connectivity index (χ4v) is 2.70. The third kappa shape index (κ3) is 3.07. The standard InChI is InChI=1S/C14H23N3O/c1-11(15)13(12-4-6-16-7-5-12)17-8-9-18-14(2,3)10-17/h4-7,11,13H,8-10,15H2,1-3H3. The molecule has 1 aromatic heterocycles. The van der Waals surface area contributed by atoms with Crippen molar-refractivity contribution in [2.45, 2.75) is 38.5 Å². The normalized spacial score (nSPS) is 23.6. The lowest BCUT2D eigenvalue weighted by Crippen LogP contribution is -2.52. The Labute approximate surface area is 109 Å². The summed E-state index contributed by atoms with van der Waals surface area (Å²) in [6.45, 7) is 8.92. The number of nitrogens with zero attached hydrogens (tertiary/aromatic N) is 2. The molecule has 1 fully saturated rings. The Morgan fingerprint density at radius 3 is 2.61 bits per heavy atom. The van der Waals surface area contributed by atoms with E-state index in [1.807, 2.05) is 12.4 Å². The van der Waals surface area contributed by atoms with Gasteiger partial charge in [0.1, 0.15) is 0 Å². The molecule has 0 aromatic carbocycles. The van der Waals surface area contributed by atoms with Crippen LogP contribution in [0, 0.1) is 0 Å². The number of pyridine rings is 1. The SMILES string of the molecule is CC(N)C(c1ccncc1)N1CCOC(C)(C)C1. The van der Waals surface area contributed by atoms with Crippen molar-refractivity contribution in [2.75, 3.05) is 19.7 Å². The van der Waals surface area contributed by atoms with Gasteiger partial charge < -0.3 is 10.5 Å². The zero-order chi connectivity index (χ0) is 13.2. The van der Waals surface area contributed by atoms with Gasteiger partial charge in [0.05, 0.1) is 12.2 Å². The Morgan fingerprint density at radius 2 is 2.06 bits per heavy atom. The zero-order valence-corrected chi connectivity index (χ0v) is 11.5. The molecule has 0 amide bonds. The van der Waals surface area contributed by atoms with Crippen LogP contribution in [-0.4, -0.2) is 41.2 Å². The summed E-state index contributed by atoms with van der Waals surface area (Å²) in [5.41, 5.74) is 7.32. The van der Waals surface area contributed by atoms with Crippen molar-refractivity contribution in [3.05, 3.63) is 30.1 Å². The highest BCUT2D eigenvalue weighted by molar-refractivity contribution is 5.17. The molecular formula is C14H23N3O. The molecule has 1 aliphatic rings. The first kappa shape index (κ1) is 13.5. The Kier molecular flexibility index (Phi) is 4.00. The van der Waals surface area contributed by atoms with Gasteiger partial charge >= 0.3 is 0 Å². The third-order valence-corrected chi connectivity index (χ3v) is 3.39. The molecule has 2 unspecified atom stereocenters. The summed E-state index contributed by atoms with van der Waals surface area (Å²) < 4.78 is 5.77. The van der Waals surface area contributed by atoms with Crippen LogP contribution >= 0.6 is 0 Å². The predicted octanol–water partition coefficient (Wildman–Crippen LogP) is 1.58. The summed E-state index contributed by atoms with van der Waals surface area (Å²) >= 11 is 0. The van der Waals surface area contributed by atoms with Crippen LogP contribution in [-0.2, 0) is 4.74 Å². The summed E-state index contributed by atoms with van der Waals surface area (Å²) in [6, 6.07) is 4.42. The van der Waals surface area contributed by atoms with E-state index in [0.717, 1.165) is 19.7 Å². The highest BCUT2D eigenvalue weighted by Crippen LogP contribution is 2.28. The smallest absolute Gasteiger partial charge is 0.0753 e. The van der Waals surface area contributed by atoms with Gasteiger partial charge in [0.25, 0.3) is 0 Å². The minimum absolute atomic E-state index is 0.0845. The summed E-state index contributed by atoms with van der Waals surface area (Å²) in [5.74, 6) is 0. The molecule has 4 nitrogen and oxygen atoms in total. The third-order valence-electron chi connectivity index (χ3n) is 3.39. The second-order valence-electron chi connectivity index (χ2n) is 5.66. The molecular weight excluding hydrogens is 226 g/mol. The molecule has 4 heteroatoms. The number of ether oxygens (including phenoxy) is 1. The van der Waals surface area contributed by atoms with Crippen molar-refractivity contribution in [1.82, 2.24) is 9.88 Å². The van der Waals surface area contributed by atoms with Crippen LogP contribution in [0.5, 0.6) is 0 Å². The Balaban J connectivity index is 2.21. The van der Waals surface area contributed by atoms with E-state index in [1.165, 1.54) is 5.56 Å². The molecule has 2 rings (SSSR count). The van der Waals surface area contributed by atoms with Gasteiger partial charge in [-0.2, -0.15) is 0 Å². The van der Waals surface area contributed by atoms with Crippen LogP contribution in [0.1, 0.15) is 32.4 Å². The molecule has 0 aliphatic carbocycles. The van der Waals surface area contributed by atoms with E-state index in [0.29, 0.717) is 0 Å². The van der Waals surface area contributed by atoms with E-state index in [1.54, 1.807) is 0 Å². The molecule has 0 saturated carbocycles. The molecule has 1 saturated heterocycles. The van der Waals surface area contributed by atoms with Gasteiger partial charge in [-0.3, -0.25) is 9.88 Å². The van der Waals surface area contributed by atoms with Gasteiger partial charge in [0.15, 0.2) is 0 Å². The fourth-order valence-electron chi connectivity index (χ4n) is 2.70. The molecule has 1 aliphatic heterocycles. The average molecular weight is 249 g/mol. The lowest BCUT2D eigenvalue weighted by atomic mass is 9.97. The maximum Gasteiger partial charge on any atom is 0.0753 e. The molecule has 2 heterocycles. The highest BCUT2D eigenvalue weighted by Gasteiger charge is 2.33. The first-order valence-electron chi connectivity index (χ1n) is 6.53. The predicted molar refractivity (Wildman–Crippen MR) is 72.2 cm³/mol. The van der Waals surface area contributed by atoms with E-state index in [2.05, 4.69) is 42.8 Å². The minimum Gasteiger partial charge on any atom is -0.373 e. The van der Waals surface area contributed by atoms with Crippen LogP contribution in [0.15, 0.2) is 24.5 Å². The van der Waals surface area contributed by atoms with Gasteiger partial charge in [0, 0.05) is 37.6 Å². The second-order valence-corrected chi connectivity index (χ2v) is 5.66. The highest BCUT2D eigenvalue weighted by atomic mass is 16.5. The molecule has 0 spiro atoms. The number of hydrogen-bond donors (Lipinski definition) is 1. The number of hydrogen-bond acceptors (Lipinski definition) is 4. The molecule has 100 valence electrons. The van der Waals surface area contributed by atoms with E-state index >= 15 is 0 Å². The molecule has 2 atom stereocenters. The van der Waals surface area contributed by atoms with Crippen LogP contribution in [0.2, 0.25) is 0 Å². The van der Waals surface area contributed by atoms with Crippen molar-refractivity contribution in [2.24, 2.45) is 5.73 Å². The lowest BCUT2D eigenvalue weighted by Gasteiger charge is -2.43. The van der Waals surface area contributed by atoms with E-state index < -0.39 is 0 Å². The van der Waals surface area contributed by atoms with Gasteiger partial charge in [-0.1, -0.05) is 0 Å². The van der Waals surface area contributed by atoms with Gasteiger partial charge in [0.2, 0.25) is 0 Å². The fraction of sp³-hybridized carbons (Fsp3) is 0.643. The van der Waals surface area contributed by atoms with E-state index in [9.17, 15) is 0 Å². The zero-order valence-electron chi connectivity index (χ0n) is 11.5. The first-order chi connectivity index (χ1) is 8.49. The Hall–Kier alpha value is -0.970. The molecule has 1 aromatic rings. The summed E-state index contributed by atoms with van der Waals surface area (Å²) in [4.78, 5) is 6.50. The van der Waals surface area contributed by atoms with Crippen molar-refractivity contribution in [3.8, 4) is 0 Å². The van der Waals surface area contributed by atoms with Crippen LogP contribution in [0.3, 0.4) is 0 Å². The molecule has 18 heavy (non-hydrogen) atoms. The summed E-state index contributed by atoms with van der Waals surface area (Å²) in [6.07, 6.45) is 3.66. The van der Waals surface area contributed by atoms with Crippen molar-refractivity contribution in [1.29, 1.82) is 0 Å². The van der Waals surface area contributed by atoms with Crippen LogP contribution in [0.25, 0.3) is 0 Å². The lowest BCUT2D eigenvalue weighted by molar-refractivity contribution is -0.0995. The molecule has 0 radical (unpaired) electrons. The Bertz CT molecular complexity index is 378. The topological polar surface area (TPSA) is 51.4 Å². The number of nitrogens with two attached hydrogens (primary N) is 1. The summed E-state index contributed by atoms with van der Waals surface area (Å²) in [5, 5.41) is 0. The van der Waals surface area contributed by atoms with E-state index in [-0.39, 0.29) is 17.7 Å². The molecule has 0 bridgehead atoms. The minimum atomic E-state index is -0.0988. The average Bonchev–Trinajstić information content (AvgIpc) is 2.28. The van der Waals surface area contributed by atoms with Crippen molar-refractivity contribution < 1.29 is 4.74 Å².